The summed E-state index contributed by atoms with van der Waals surface area (Å²) in [5.41, 5.74) is 0. The van der Waals surface area contributed by atoms with Crippen molar-refractivity contribution in [2.45, 2.75) is 25.7 Å². The first-order valence-electron chi connectivity index (χ1n) is 3.37. The van der Waals surface area contributed by atoms with Gasteiger partial charge in [0.2, 0.25) is 0 Å². The van der Waals surface area contributed by atoms with Crippen LogP contribution in [0, 0.1) is 0 Å². The van der Waals surface area contributed by atoms with E-state index in [2.05, 4.69) is 0 Å². The van der Waals surface area contributed by atoms with E-state index in [1.54, 1.807) is 0 Å². The molecule has 0 amide bonds. The molecule has 10 heavy (non-hydrogen) atoms. The second-order valence-corrected chi connectivity index (χ2v) is 4.11. The predicted octanol–water partition coefficient (Wildman–Crippen LogP) is 2.87. The zero-order valence-electron chi connectivity index (χ0n) is 5.54. The molecule has 0 atom stereocenters. The molecular formula is C6H9F3Si. The van der Waals surface area contributed by atoms with Gasteiger partial charge in [0.15, 0.2) is 0 Å². The van der Waals surface area contributed by atoms with Crippen molar-refractivity contribution in [2.75, 3.05) is 0 Å². The molecule has 58 valence electrons. The van der Waals surface area contributed by atoms with E-state index in [1.165, 1.54) is 6.08 Å². The van der Waals surface area contributed by atoms with Gasteiger partial charge in [-0.1, -0.05) is 6.08 Å². The van der Waals surface area contributed by atoms with Crippen molar-refractivity contribution in [2.24, 2.45) is 0 Å². The molecule has 1 aliphatic carbocycles. The highest BCUT2D eigenvalue weighted by Crippen LogP contribution is 2.28. The summed E-state index contributed by atoms with van der Waals surface area (Å²) in [5, 5.41) is -0.196. The van der Waals surface area contributed by atoms with Gasteiger partial charge < -0.3 is 0 Å². The molecule has 0 fully saturated rings. The monoisotopic (exact) mass is 166 g/mol. The second-order valence-electron chi connectivity index (χ2n) is 2.47. The molecule has 1 rings (SSSR count). The molecule has 0 saturated heterocycles. The minimum absolute atomic E-state index is 0.196. The molecule has 0 aromatic carbocycles. The van der Waals surface area contributed by atoms with Crippen molar-refractivity contribution < 1.29 is 12.3 Å². The van der Waals surface area contributed by atoms with Crippen molar-refractivity contribution in [3.8, 4) is 0 Å². The van der Waals surface area contributed by atoms with Gasteiger partial charge in [0, 0.05) is 5.20 Å². The van der Waals surface area contributed by atoms with Crippen LogP contribution in [0.5, 0.6) is 0 Å². The third kappa shape index (κ3) is 1.87. The van der Waals surface area contributed by atoms with Crippen molar-refractivity contribution in [3.63, 3.8) is 0 Å². The largest absolute Gasteiger partial charge is 0.648 e. The molecule has 0 aliphatic heterocycles. The Morgan fingerprint density at radius 2 is 1.90 bits per heavy atom. The first kappa shape index (κ1) is 7.85. The third-order valence-corrected chi connectivity index (χ3v) is 2.84. The minimum atomic E-state index is -5.40. The Hall–Kier alpha value is -0.253. The summed E-state index contributed by atoms with van der Waals surface area (Å²) < 4.78 is 36.0. The lowest BCUT2D eigenvalue weighted by Gasteiger charge is -2.12. The maximum Gasteiger partial charge on any atom is 0.648 e. The first-order chi connectivity index (χ1) is 4.61. The average Bonchev–Trinajstić information content (AvgIpc) is 1.88. The van der Waals surface area contributed by atoms with Crippen molar-refractivity contribution in [1.29, 1.82) is 0 Å². The highest BCUT2D eigenvalue weighted by Gasteiger charge is 2.41. The molecule has 0 bridgehead atoms. The summed E-state index contributed by atoms with van der Waals surface area (Å²) in [7, 11) is -5.40. The van der Waals surface area contributed by atoms with Crippen molar-refractivity contribution in [1.82, 2.24) is 0 Å². The van der Waals surface area contributed by atoms with E-state index in [-0.39, 0.29) is 11.6 Å². The molecule has 0 nitrogen and oxygen atoms in total. The van der Waals surface area contributed by atoms with Gasteiger partial charge in [-0.3, -0.25) is 0 Å². The fraction of sp³-hybridized carbons (Fsp3) is 0.667. The fourth-order valence-corrected chi connectivity index (χ4v) is 1.93. The molecule has 0 N–H and O–H groups in total. The smallest absolute Gasteiger partial charge is 0.234 e. The van der Waals surface area contributed by atoms with Gasteiger partial charge in [0.1, 0.15) is 0 Å². The van der Waals surface area contributed by atoms with E-state index in [9.17, 15) is 12.3 Å². The van der Waals surface area contributed by atoms with Crippen molar-refractivity contribution >= 4 is 9.08 Å². The molecule has 1 aliphatic rings. The highest BCUT2D eigenvalue weighted by molar-refractivity contribution is 6.66. The van der Waals surface area contributed by atoms with Gasteiger partial charge in [-0.25, -0.2) is 12.3 Å². The van der Waals surface area contributed by atoms with Crippen molar-refractivity contribution in [3.05, 3.63) is 11.3 Å². The fourth-order valence-electron chi connectivity index (χ4n) is 1.10. The van der Waals surface area contributed by atoms with Crippen LogP contribution in [0.3, 0.4) is 0 Å². The predicted molar refractivity (Wildman–Crippen MR) is 35.6 cm³/mol. The van der Waals surface area contributed by atoms with Crippen LogP contribution in [0.15, 0.2) is 11.3 Å². The topological polar surface area (TPSA) is 0 Å². The highest BCUT2D eigenvalue weighted by atomic mass is 28.5. The summed E-state index contributed by atoms with van der Waals surface area (Å²) in [6, 6.07) is 0. The third-order valence-electron chi connectivity index (χ3n) is 1.66. The molecule has 0 spiro atoms. The summed E-state index contributed by atoms with van der Waals surface area (Å²) in [5.74, 6) is 0. The Bertz CT molecular complexity index is 148. The Morgan fingerprint density at radius 1 is 1.20 bits per heavy atom. The molecule has 0 aromatic heterocycles. The van der Waals surface area contributed by atoms with E-state index in [1.807, 2.05) is 0 Å². The van der Waals surface area contributed by atoms with Crippen LogP contribution in [0.1, 0.15) is 25.7 Å². The van der Waals surface area contributed by atoms with Crippen LogP contribution in [0.25, 0.3) is 0 Å². The maximum absolute atomic E-state index is 12.0. The van der Waals surface area contributed by atoms with Gasteiger partial charge in [-0.2, -0.15) is 0 Å². The molecular weight excluding hydrogens is 157 g/mol. The van der Waals surface area contributed by atoms with Crippen LogP contribution >= 0.6 is 0 Å². The van der Waals surface area contributed by atoms with E-state index in [0.29, 0.717) is 6.42 Å². The quantitative estimate of drug-likeness (QED) is 0.415. The van der Waals surface area contributed by atoms with Gasteiger partial charge in [0.05, 0.1) is 0 Å². The minimum Gasteiger partial charge on any atom is -0.234 e. The van der Waals surface area contributed by atoms with E-state index in [4.69, 9.17) is 0 Å². The molecule has 0 radical (unpaired) electrons. The summed E-state index contributed by atoms with van der Waals surface area (Å²) in [6.45, 7) is 0. The lowest BCUT2D eigenvalue weighted by molar-refractivity contribution is 0.479. The van der Waals surface area contributed by atoms with E-state index in [0.717, 1.165) is 12.8 Å². The Labute approximate surface area is 59.3 Å². The van der Waals surface area contributed by atoms with Crippen LogP contribution in [-0.4, -0.2) is 9.08 Å². The molecule has 0 heterocycles. The Kier molecular flexibility index (Phi) is 2.18. The van der Waals surface area contributed by atoms with Gasteiger partial charge in [-0.15, -0.1) is 0 Å². The maximum atomic E-state index is 12.0. The Morgan fingerprint density at radius 3 is 2.20 bits per heavy atom. The van der Waals surface area contributed by atoms with E-state index >= 15 is 0 Å². The van der Waals surface area contributed by atoms with Gasteiger partial charge >= 0.3 is 9.08 Å². The zero-order valence-corrected chi connectivity index (χ0v) is 6.54. The summed E-state index contributed by atoms with van der Waals surface area (Å²) in [6.07, 6.45) is 3.92. The zero-order chi connectivity index (χ0) is 7.61. The second kappa shape index (κ2) is 2.78. The SMILES string of the molecule is F[Si](F)(F)C1=CCCCC1. The van der Waals surface area contributed by atoms with Gasteiger partial charge in [-0.05, 0) is 25.7 Å². The standard InChI is InChI=1S/C6H9F3Si/c7-10(8,9)6-4-2-1-3-5-6/h4H,1-3,5H2. The lowest BCUT2D eigenvalue weighted by Crippen LogP contribution is -2.20. The molecule has 0 aromatic rings. The molecule has 0 unspecified atom stereocenters. The lowest BCUT2D eigenvalue weighted by atomic mass is 10.1. The van der Waals surface area contributed by atoms with Crippen LogP contribution < -0.4 is 0 Å². The normalized spacial score (nSPS) is 20.5. The summed E-state index contributed by atoms with van der Waals surface area (Å²) in [4.78, 5) is 0. The van der Waals surface area contributed by atoms with Crippen LogP contribution in [-0.2, 0) is 0 Å². The number of rotatable bonds is 1. The molecule has 0 saturated carbocycles. The Balaban J connectivity index is 2.62. The number of hydrogen-bond acceptors (Lipinski definition) is 0. The summed E-state index contributed by atoms with van der Waals surface area (Å²) >= 11 is 0. The van der Waals surface area contributed by atoms with E-state index < -0.39 is 9.08 Å². The average molecular weight is 166 g/mol. The van der Waals surface area contributed by atoms with Crippen LogP contribution in [0.4, 0.5) is 12.3 Å². The number of halogens is 3. The van der Waals surface area contributed by atoms with Crippen LogP contribution in [0.2, 0.25) is 0 Å². The number of allylic oxidation sites excluding steroid dienone is 2. The number of hydrogen-bond donors (Lipinski definition) is 0. The van der Waals surface area contributed by atoms with Gasteiger partial charge in [0.25, 0.3) is 0 Å². The first-order valence-corrected chi connectivity index (χ1v) is 5.00. The molecule has 4 heteroatoms.